The fourth-order valence-corrected chi connectivity index (χ4v) is 0.821. The smallest absolute Gasteiger partial charge is 0.143 e. The van der Waals surface area contributed by atoms with Crippen LogP contribution >= 0.6 is 0 Å². The van der Waals surface area contributed by atoms with E-state index in [1.54, 1.807) is 0 Å². The van der Waals surface area contributed by atoms with Gasteiger partial charge in [0.2, 0.25) is 0 Å². The van der Waals surface area contributed by atoms with Crippen LogP contribution in [0.2, 0.25) is 0 Å². The van der Waals surface area contributed by atoms with Crippen LogP contribution in [0.25, 0.3) is 0 Å². The summed E-state index contributed by atoms with van der Waals surface area (Å²) in [7, 11) is 1.43. The van der Waals surface area contributed by atoms with Crippen LogP contribution in [0.4, 0.5) is 0 Å². The van der Waals surface area contributed by atoms with E-state index < -0.39 is 12.9 Å². The van der Waals surface area contributed by atoms with Gasteiger partial charge in [-0.15, -0.1) is 0 Å². The predicted molar refractivity (Wildman–Crippen MR) is 74.3 cm³/mol. The number of methoxy groups -OCH3 is 1. The largest absolute Gasteiger partial charge is 0.396 e. The summed E-state index contributed by atoms with van der Waals surface area (Å²) in [4.78, 5) is 0. The molecule has 7 N–H and O–H groups in total. The molecule has 12 heteroatoms. The number of aliphatic hydroxyl groups excluding tert-OH is 6. The second kappa shape index (κ2) is 40.6. The Morgan fingerprint density at radius 3 is 1.38 bits per heavy atom. The molecule has 141 valence electrons. The van der Waals surface area contributed by atoms with Gasteiger partial charge in [0.05, 0.1) is 18.8 Å². The Hall–Kier alpha value is 2.95. The summed E-state index contributed by atoms with van der Waals surface area (Å²) in [5.74, 6) is 0. The number of epoxide rings is 1. The third-order valence-corrected chi connectivity index (χ3v) is 1.91. The van der Waals surface area contributed by atoms with E-state index in [0.29, 0.717) is 18.9 Å². The Labute approximate surface area is 219 Å². The van der Waals surface area contributed by atoms with Gasteiger partial charge in [0, 0.05) is 125 Å². The first-order chi connectivity index (χ1) is 10.1. The zero-order valence-electron chi connectivity index (χ0n) is 14.2. The van der Waals surface area contributed by atoms with Gasteiger partial charge in [-0.05, 0) is 19.3 Å². The maximum atomic E-state index is 8.73. The standard InChI is InChI=1S/C5H12O3.C4H8O2.C2H6O2.CH4O2.3Y/c6-3-1-5(8)2-4-7;5-2-1-4-3-6-4;1-4-2-3;2-1-3;;;/h5-8H,1-4H2;4-5H,1-3H2;3H,2H2,1H3;2-3H,1H2;;;. The SMILES string of the molecule is COCO.OCCC(O)CCO.OCCC1CO1.OCO.[Y].[Y].[Y]. The first-order valence-corrected chi connectivity index (χ1v) is 6.51. The third-order valence-electron chi connectivity index (χ3n) is 1.91. The van der Waals surface area contributed by atoms with Crippen LogP contribution in [-0.2, 0) is 108 Å². The maximum absolute atomic E-state index is 8.73. The fraction of sp³-hybridized carbons (Fsp3) is 1.00. The number of ether oxygens (including phenoxy) is 2. The summed E-state index contributed by atoms with van der Waals surface area (Å²) >= 11 is 0. The van der Waals surface area contributed by atoms with Crippen LogP contribution in [0.3, 0.4) is 0 Å². The molecule has 1 rings (SSSR count). The summed E-state index contributed by atoms with van der Waals surface area (Å²) in [5, 5.41) is 55.3. The van der Waals surface area contributed by atoms with Crippen LogP contribution in [-0.4, -0.2) is 95.1 Å². The molecule has 3 radical (unpaired) electrons. The average molecular weight is 585 g/mol. The van der Waals surface area contributed by atoms with Crippen molar-refractivity contribution in [1.29, 1.82) is 0 Å². The van der Waals surface area contributed by atoms with E-state index in [1.165, 1.54) is 7.11 Å². The molecule has 1 unspecified atom stereocenters. The molecule has 0 aromatic carbocycles. The van der Waals surface area contributed by atoms with Crippen LogP contribution in [0.15, 0.2) is 0 Å². The molecule has 0 spiro atoms. The molecule has 1 fully saturated rings. The van der Waals surface area contributed by atoms with Gasteiger partial charge in [-0.1, -0.05) is 0 Å². The topological polar surface area (TPSA) is 163 Å². The molecule has 1 atom stereocenters. The molecule has 1 saturated heterocycles. The van der Waals surface area contributed by atoms with Gasteiger partial charge in [-0.3, -0.25) is 0 Å². The Morgan fingerprint density at radius 2 is 1.25 bits per heavy atom. The van der Waals surface area contributed by atoms with Gasteiger partial charge < -0.3 is 45.2 Å². The van der Waals surface area contributed by atoms with Crippen LogP contribution in [0.5, 0.6) is 0 Å². The Morgan fingerprint density at radius 1 is 0.917 bits per heavy atom. The molecule has 0 aromatic heterocycles. The molecule has 0 aromatic rings. The summed E-state index contributed by atoms with van der Waals surface area (Å²) in [5.41, 5.74) is 0. The number of aliphatic hydroxyl groups is 7. The summed E-state index contributed by atoms with van der Waals surface area (Å²) in [6, 6.07) is 0. The molecule has 0 bridgehead atoms. The quantitative estimate of drug-likeness (QED) is 0.125. The van der Waals surface area contributed by atoms with Crippen molar-refractivity contribution < 1.29 is 143 Å². The molecular formula is C12H30O9Y3. The van der Waals surface area contributed by atoms with Crippen molar-refractivity contribution >= 4 is 0 Å². The van der Waals surface area contributed by atoms with E-state index in [2.05, 4.69) is 4.74 Å². The van der Waals surface area contributed by atoms with Crippen molar-refractivity contribution in [3.63, 3.8) is 0 Å². The first kappa shape index (κ1) is 41.4. The Bertz CT molecular complexity index is 161. The minimum atomic E-state index is -0.750. The molecular weight excluding hydrogens is 555 g/mol. The minimum Gasteiger partial charge on any atom is -0.396 e. The van der Waals surface area contributed by atoms with Gasteiger partial charge >= 0.3 is 0 Å². The second-order valence-corrected chi connectivity index (χ2v) is 3.71. The summed E-state index contributed by atoms with van der Waals surface area (Å²) in [6.45, 7) is 0.174. The van der Waals surface area contributed by atoms with E-state index in [-0.39, 0.29) is 125 Å². The molecule has 0 aliphatic carbocycles. The first-order valence-electron chi connectivity index (χ1n) is 6.51. The van der Waals surface area contributed by atoms with Crippen molar-refractivity contribution in [2.75, 3.05) is 47.1 Å². The van der Waals surface area contributed by atoms with Gasteiger partial charge in [-0.25, -0.2) is 0 Å². The normalized spacial score (nSPS) is 13.1. The van der Waals surface area contributed by atoms with Crippen molar-refractivity contribution in [3.8, 4) is 0 Å². The van der Waals surface area contributed by atoms with E-state index >= 15 is 0 Å². The van der Waals surface area contributed by atoms with Crippen LogP contribution < -0.4 is 0 Å². The van der Waals surface area contributed by atoms with Gasteiger partial charge in [0.15, 0.2) is 0 Å². The maximum Gasteiger partial charge on any atom is 0.143 e. The number of rotatable bonds is 7. The number of hydrogen-bond donors (Lipinski definition) is 7. The Kier molecular flexibility index (Phi) is 69.9. The molecule has 1 aliphatic heterocycles. The summed E-state index contributed by atoms with van der Waals surface area (Å²) < 4.78 is 8.89. The molecule has 1 heterocycles. The third kappa shape index (κ3) is 56.3. The van der Waals surface area contributed by atoms with E-state index in [1.807, 2.05) is 0 Å². The second-order valence-electron chi connectivity index (χ2n) is 3.71. The molecule has 1 aliphatic rings. The van der Waals surface area contributed by atoms with Crippen molar-refractivity contribution in [2.24, 2.45) is 0 Å². The molecule has 0 amide bonds. The zero-order valence-corrected chi connectivity index (χ0v) is 22.7. The predicted octanol–water partition coefficient (Wildman–Crippen LogP) is -2.62. The van der Waals surface area contributed by atoms with E-state index in [0.717, 1.165) is 13.0 Å². The van der Waals surface area contributed by atoms with Gasteiger partial charge in [0.1, 0.15) is 13.6 Å². The van der Waals surface area contributed by atoms with Gasteiger partial charge in [0.25, 0.3) is 0 Å². The molecule has 0 saturated carbocycles. The summed E-state index contributed by atoms with van der Waals surface area (Å²) in [6.07, 6.45) is 1.40. The fourth-order valence-electron chi connectivity index (χ4n) is 0.821. The van der Waals surface area contributed by atoms with Crippen molar-refractivity contribution in [1.82, 2.24) is 0 Å². The van der Waals surface area contributed by atoms with E-state index in [9.17, 15) is 0 Å². The zero-order chi connectivity index (χ0) is 16.9. The van der Waals surface area contributed by atoms with E-state index in [4.69, 9.17) is 40.5 Å². The number of hydrogen-bond acceptors (Lipinski definition) is 9. The van der Waals surface area contributed by atoms with Crippen LogP contribution in [0, 0.1) is 0 Å². The van der Waals surface area contributed by atoms with Crippen LogP contribution in [0.1, 0.15) is 19.3 Å². The molecule has 9 nitrogen and oxygen atoms in total. The van der Waals surface area contributed by atoms with Crippen molar-refractivity contribution in [2.45, 2.75) is 31.5 Å². The van der Waals surface area contributed by atoms with Gasteiger partial charge in [-0.2, -0.15) is 0 Å². The minimum absolute atomic E-state index is 0. The molecule has 24 heavy (non-hydrogen) atoms. The Balaban J connectivity index is -0.0000000457. The monoisotopic (exact) mass is 585 g/mol. The average Bonchev–Trinajstić information content (AvgIpc) is 3.26. The van der Waals surface area contributed by atoms with Crippen molar-refractivity contribution in [3.05, 3.63) is 0 Å².